The predicted molar refractivity (Wildman–Crippen MR) is 114 cm³/mol. The molecule has 2 rings (SSSR count). The van der Waals surface area contributed by atoms with Crippen LogP contribution in [0.4, 0.5) is 0 Å². The third kappa shape index (κ3) is 6.49. The Kier molecular flexibility index (Phi) is 8.17. The Hall–Kier alpha value is -1.81. The molecule has 0 bridgehead atoms. The van der Waals surface area contributed by atoms with E-state index < -0.39 is 0 Å². The van der Waals surface area contributed by atoms with Crippen LogP contribution < -0.4 is 0 Å². The first kappa shape index (κ1) is 20.5. The predicted octanol–water partition coefficient (Wildman–Crippen LogP) is 6.11. The maximum atomic E-state index is 6.12. The quantitative estimate of drug-likeness (QED) is 0.412. The second-order valence-corrected chi connectivity index (χ2v) is 7.57. The van der Waals surface area contributed by atoms with Gasteiger partial charge in [-0.05, 0) is 79.3 Å². The van der Waals surface area contributed by atoms with E-state index in [1.807, 2.05) is 13.4 Å². The zero-order chi connectivity index (χ0) is 18.9. The zero-order valence-electron chi connectivity index (χ0n) is 16.3. The van der Waals surface area contributed by atoms with Gasteiger partial charge in [-0.2, -0.15) is 0 Å². The van der Waals surface area contributed by atoms with E-state index in [1.54, 1.807) is 0 Å². The van der Waals surface area contributed by atoms with Crippen LogP contribution in [0.15, 0.2) is 62.9 Å². The summed E-state index contributed by atoms with van der Waals surface area (Å²) in [5.74, 6) is 0.887. The molecule has 0 aliphatic heterocycles. The first-order chi connectivity index (χ1) is 12.5. The Morgan fingerprint density at radius 1 is 1.31 bits per heavy atom. The van der Waals surface area contributed by atoms with Crippen LogP contribution >= 0.6 is 15.9 Å². The Morgan fingerprint density at radius 3 is 2.85 bits per heavy atom. The Morgan fingerprint density at radius 2 is 2.12 bits per heavy atom. The van der Waals surface area contributed by atoms with Gasteiger partial charge in [-0.1, -0.05) is 29.8 Å². The molecule has 3 nitrogen and oxygen atoms in total. The first-order valence-corrected chi connectivity index (χ1v) is 9.99. The average molecular weight is 417 g/mol. The number of benzene rings is 1. The largest absolute Gasteiger partial charge is 0.488 e. The molecule has 0 saturated carbocycles. The fraction of sp³-hybridized carbons (Fsp3) is 0.409. The molecule has 0 aromatic heterocycles. The summed E-state index contributed by atoms with van der Waals surface area (Å²) in [6, 6.07) is 8.43. The Balaban J connectivity index is 2.18. The number of hydrogen-bond donors (Lipinski definition) is 0. The molecule has 0 radical (unpaired) electrons. The Labute approximate surface area is 166 Å². The molecule has 0 fully saturated rings. The van der Waals surface area contributed by atoms with Crippen molar-refractivity contribution < 1.29 is 4.74 Å². The lowest BCUT2D eigenvalue weighted by Crippen LogP contribution is -2.14. The van der Waals surface area contributed by atoms with Gasteiger partial charge in [-0.25, -0.2) is 4.99 Å². The minimum Gasteiger partial charge on any atom is -0.488 e. The molecule has 0 heterocycles. The molecule has 140 valence electrons. The number of aliphatic imine (C=N–C) groups is 1. The van der Waals surface area contributed by atoms with Crippen LogP contribution in [0.3, 0.4) is 0 Å². The van der Waals surface area contributed by atoms with Gasteiger partial charge >= 0.3 is 0 Å². The Bertz CT molecular complexity index is 731. The normalized spacial score (nSPS) is 22.7. The number of nitrogens with zero attached hydrogens (tertiary/aromatic N) is 2. The SMILES string of the molecule is CCN(C)C=NC1=C(\C)CCC/C=C(OCc2cccc(C)c2)/C(Br)=C\1. The highest BCUT2D eigenvalue weighted by molar-refractivity contribution is 9.12. The number of ether oxygens (including phenoxy) is 1. The number of aryl methyl sites for hydroxylation is 1. The first-order valence-electron chi connectivity index (χ1n) is 9.20. The second-order valence-electron chi connectivity index (χ2n) is 6.71. The van der Waals surface area contributed by atoms with Gasteiger partial charge in [-0.3, -0.25) is 0 Å². The van der Waals surface area contributed by atoms with E-state index in [2.05, 4.69) is 83.0 Å². The van der Waals surface area contributed by atoms with Crippen LogP contribution in [-0.2, 0) is 11.3 Å². The molecule has 4 heteroatoms. The van der Waals surface area contributed by atoms with Crippen LogP contribution in [-0.4, -0.2) is 24.8 Å². The molecule has 0 saturated heterocycles. The van der Waals surface area contributed by atoms with Crippen molar-refractivity contribution in [3.8, 4) is 0 Å². The molecule has 0 N–H and O–H groups in total. The minimum atomic E-state index is 0.566. The van der Waals surface area contributed by atoms with Crippen molar-refractivity contribution >= 4 is 22.3 Å². The molecule has 1 aliphatic rings. The maximum Gasteiger partial charge on any atom is 0.130 e. The van der Waals surface area contributed by atoms with Crippen LogP contribution in [0.2, 0.25) is 0 Å². The molecular formula is C22H29BrN2O. The minimum absolute atomic E-state index is 0.566. The standard InChI is InChI=1S/C22H29BrN2O/c1-5-25(4)16-24-21-14-20(23)22(12-7-6-10-18(21)3)26-15-19-11-8-9-17(2)13-19/h8-9,11-14,16H,5-7,10,15H2,1-4H3/b20-14+,21-18+,22-12-,24-16?. The van der Waals surface area contributed by atoms with Crippen molar-refractivity contribution in [3.63, 3.8) is 0 Å². The molecule has 0 spiro atoms. The zero-order valence-corrected chi connectivity index (χ0v) is 17.8. The van der Waals surface area contributed by atoms with Crippen LogP contribution in [0, 0.1) is 6.92 Å². The number of allylic oxidation sites excluding steroid dienone is 4. The molecule has 26 heavy (non-hydrogen) atoms. The molecule has 1 aliphatic carbocycles. The highest BCUT2D eigenvalue weighted by atomic mass is 79.9. The van der Waals surface area contributed by atoms with Gasteiger partial charge in [0.1, 0.15) is 12.4 Å². The second kappa shape index (κ2) is 10.4. The van der Waals surface area contributed by atoms with Crippen molar-refractivity contribution in [1.29, 1.82) is 0 Å². The summed E-state index contributed by atoms with van der Waals surface area (Å²) >= 11 is 3.70. The monoisotopic (exact) mass is 416 g/mol. The van der Waals surface area contributed by atoms with Crippen LogP contribution in [0.5, 0.6) is 0 Å². The van der Waals surface area contributed by atoms with Crippen molar-refractivity contribution in [3.05, 3.63) is 69.1 Å². The van der Waals surface area contributed by atoms with Crippen LogP contribution in [0.25, 0.3) is 0 Å². The van der Waals surface area contributed by atoms with Gasteiger partial charge in [0.25, 0.3) is 0 Å². The van der Waals surface area contributed by atoms with Crippen molar-refractivity contribution in [2.45, 2.75) is 46.6 Å². The summed E-state index contributed by atoms with van der Waals surface area (Å²) < 4.78 is 7.06. The van der Waals surface area contributed by atoms with Gasteiger partial charge in [0.05, 0.1) is 16.5 Å². The summed E-state index contributed by atoms with van der Waals surface area (Å²) in [5.41, 5.74) is 4.74. The van der Waals surface area contributed by atoms with Gasteiger partial charge in [0, 0.05) is 13.6 Å². The fourth-order valence-electron chi connectivity index (χ4n) is 2.62. The lowest BCUT2D eigenvalue weighted by molar-refractivity contribution is 0.209. The van der Waals surface area contributed by atoms with Gasteiger partial charge < -0.3 is 9.64 Å². The molecule has 0 atom stereocenters. The van der Waals surface area contributed by atoms with E-state index in [-0.39, 0.29) is 0 Å². The summed E-state index contributed by atoms with van der Waals surface area (Å²) in [6.45, 7) is 7.88. The lowest BCUT2D eigenvalue weighted by Gasteiger charge is -2.12. The van der Waals surface area contributed by atoms with Crippen molar-refractivity contribution in [2.24, 2.45) is 4.99 Å². The van der Waals surface area contributed by atoms with Crippen molar-refractivity contribution in [1.82, 2.24) is 4.90 Å². The number of hydrogen-bond acceptors (Lipinski definition) is 2. The fourth-order valence-corrected chi connectivity index (χ4v) is 3.11. The number of halogens is 1. The van der Waals surface area contributed by atoms with E-state index in [9.17, 15) is 0 Å². The van der Waals surface area contributed by atoms with E-state index >= 15 is 0 Å². The molecular weight excluding hydrogens is 388 g/mol. The molecule has 0 amide bonds. The summed E-state index contributed by atoms with van der Waals surface area (Å²) in [6.07, 6.45) is 9.28. The smallest absolute Gasteiger partial charge is 0.130 e. The summed E-state index contributed by atoms with van der Waals surface area (Å²) in [4.78, 5) is 6.75. The highest BCUT2D eigenvalue weighted by Gasteiger charge is 2.10. The highest BCUT2D eigenvalue weighted by Crippen LogP contribution is 2.27. The molecule has 1 aromatic carbocycles. The number of rotatable bonds is 6. The van der Waals surface area contributed by atoms with Crippen LogP contribution in [0.1, 0.15) is 44.2 Å². The third-order valence-electron chi connectivity index (χ3n) is 4.39. The van der Waals surface area contributed by atoms with E-state index in [0.29, 0.717) is 6.61 Å². The van der Waals surface area contributed by atoms with Gasteiger partial charge in [0.15, 0.2) is 0 Å². The maximum absolute atomic E-state index is 6.12. The summed E-state index contributed by atoms with van der Waals surface area (Å²) in [7, 11) is 2.03. The molecule has 0 unspecified atom stereocenters. The third-order valence-corrected chi connectivity index (χ3v) is 5.01. The topological polar surface area (TPSA) is 24.8 Å². The van der Waals surface area contributed by atoms with Gasteiger partial charge in [-0.15, -0.1) is 0 Å². The summed E-state index contributed by atoms with van der Waals surface area (Å²) in [5, 5.41) is 0. The lowest BCUT2D eigenvalue weighted by atomic mass is 10.1. The van der Waals surface area contributed by atoms with E-state index in [4.69, 9.17) is 4.74 Å². The van der Waals surface area contributed by atoms with Crippen molar-refractivity contribution in [2.75, 3.05) is 13.6 Å². The van der Waals surface area contributed by atoms with E-state index in [0.717, 1.165) is 41.7 Å². The van der Waals surface area contributed by atoms with Gasteiger partial charge in [0.2, 0.25) is 0 Å². The average Bonchev–Trinajstić information content (AvgIpc) is 2.69. The molecule has 1 aromatic rings. The van der Waals surface area contributed by atoms with E-state index in [1.165, 1.54) is 16.7 Å².